The predicted molar refractivity (Wildman–Crippen MR) is 129 cm³/mol. The molecule has 4 rings (SSSR count). The standard InChI is InChI=1S/C25H24FN3O4S/c26-20-9-6-18(7-10-20)15-34(32,33)16-23-25(31)29-22-14-19(8-11-21(22)28-23)24(30)27-13-12-17-4-2-1-3-5-17/h1-11,14,23,28H,12-13,15-16H2,(H,27,30)(H,29,31). The van der Waals surface area contributed by atoms with Crippen molar-refractivity contribution in [1.82, 2.24) is 5.32 Å². The fraction of sp³-hybridized carbons (Fsp3) is 0.200. The van der Waals surface area contributed by atoms with E-state index in [0.29, 0.717) is 35.5 Å². The van der Waals surface area contributed by atoms with E-state index in [0.717, 1.165) is 5.56 Å². The largest absolute Gasteiger partial charge is 0.371 e. The van der Waals surface area contributed by atoms with Crippen molar-refractivity contribution in [3.63, 3.8) is 0 Å². The Morgan fingerprint density at radius 3 is 2.41 bits per heavy atom. The highest BCUT2D eigenvalue weighted by molar-refractivity contribution is 7.90. The number of anilines is 2. The maximum absolute atomic E-state index is 13.1. The van der Waals surface area contributed by atoms with Crippen LogP contribution in [0.25, 0.3) is 0 Å². The molecule has 34 heavy (non-hydrogen) atoms. The fourth-order valence-corrected chi connectivity index (χ4v) is 5.28. The van der Waals surface area contributed by atoms with Gasteiger partial charge in [0.25, 0.3) is 5.91 Å². The van der Waals surface area contributed by atoms with Crippen molar-refractivity contribution in [3.8, 4) is 0 Å². The van der Waals surface area contributed by atoms with E-state index in [1.165, 1.54) is 24.3 Å². The molecule has 0 aromatic heterocycles. The van der Waals surface area contributed by atoms with Gasteiger partial charge >= 0.3 is 0 Å². The topological polar surface area (TPSA) is 104 Å². The normalized spacial score (nSPS) is 15.1. The van der Waals surface area contributed by atoms with Gasteiger partial charge in [0.1, 0.15) is 11.9 Å². The van der Waals surface area contributed by atoms with Crippen LogP contribution in [-0.4, -0.2) is 38.6 Å². The lowest BCUT2D eigenvalue weighted by molar-refractivity contribution is -0.116. The van der Waals surface area contributed by atoms with Gasteiger partial charge in [-0.1, -0.05) is 42.5 Å². The average molecular weight is 482 g/mol. The number of rotatable bonds is 8. The number of nitrogens with one attached hydrogen (secondary N) is 3. The minimum absolute atomic E-state index is 0.267. The summed E-state index contributed by atoms with van der Waals surface area (Å²) in [7, 11) is -3.65. The Bertz CT molecular complexity index is 1300. The van der Waals surface area contributed by atoms with Crippen molar-refractivity contribution in [2.45, 2.75) is 18.2 Å². The molecule has 1 atom stereocenters. The van der Waals surface area contributed by atoms with Crippen molar-refractivity contribution in [2.24, 2.45) is 0 Å². The van der Waals surface area contributed by atoms with E-state index in [4.69, 9.17) is 0 Å². The summed E-state index contributed by atoms with van der Waals surface area (Å²) in [6.07, 6.45) is 0.698. The highest BCUT2D eigenvalue weighted by Crippen LogP contribution is 2.28. The molecule has 3 N–H and O–H groups in total. The van der Waals surface area contributed by atoms with Gasteiger partial charge in [0, 0.05) is 12.1 Å². The summed E-state index contributed by atoms with van der Waals surface area (Å²) in [6, 6.07) is 18.8. The second-order valence-electron chi connectivity index (χ2n) is 8.12. The Labute approximate surface area is 197 Å². The first kappa shape index (κ1) is 23.4. The third-order valence-corrected chi connectivity index (χ3v) is 7.06. The van der Waals surface area contributed by atoms with Gasteiger partial charge in [0.15, 0.2) is 9.84 Å². The number of amides is 2. The lowest BCUT2D eigenvalue weighted by Crippen LogP contribution is -2.43. The van der Waals surface area contributed by atoms with Crippen LogP contribution in [-0.2, 0) is 26.8 Å². The van der Waals surface area contributed by atoms with Gasteiger partial charge in [-0.3, -0.25) is 9.59 Å². The lowest BCUT2D eigenvalue weighted by atomic mass is 10.1. The van der Waals surface area contributed by atoms with Gasteiger partial charge < -0.3 is 16.0 Å². The van der Waals surface area contributed by atoms with Crippen LogP contribution < -0.4 is 16.0 Å². The first-order valence-corrected chi connectivity index (χ1v) is 12.6. The van der Waals surface area contributed by atoms with E-state index in [-0.39, 0.29) is 11.7 Å². The zero-order valence-electron chi connectivity index (χ0n) is 18.3. The number of benzene rings is 3. The molecule has 1 heterocycles. The summed E-state index contributed by atoms with van der Waals surface area (Å²) in [5, 5.41) is 8.49. The molecule has 1 unspecified atom stereocenters. The molecule has 0 saturated carbocycles. The smallest absolute Gasteiger partial charge is 0.251 e. The van der Waals surface area contributed by atoms with Crippen LogP contribution in [0.2, 0.25) is 0 Å². The molecule has 3 aromatic rings. The number of halogens is 1. The van der Waals surface area contributed by atoms with E-state index >= 15 is 0 Å². The summed E-state index contributed by atoms with van der Waals surface area (Å²) in [5.41, 5.74) is 2.89. The Kier molecular flexibility index (Phi) is 6.93. The highest BCUT2D eigenvalue weighted by Gasteiger charge is 2.30. The maximum Gasteiger partial charge on any atom is 0.251 e. The van der Waals surface area contributed by atoms with Crippen LogP contribution >= 0.6 is 0 Å². The fourth-order valence-electron chi connectivity index (χ4n) is 3.72. The average Bonchev–Trinajstić information content (AvgIpc) is 2.81. The van der Waals surface area contributed by atoms with Crippen LogP contribution in [0, 0.1) is 5.82 Å². The van der Waals surface area contributed by atoms with E-state index in [9.17, 15) is 22.4 Å². The van der Waals surface area contributed by atoms with Gasteiger partial charge in [-0.25, -0.2) is 12.8 Å². The Morgan fingerprint density at radius 1 is 0.941 bits per heavy atom. The van der Waals surface area contributed by atoms with Crippen molar-refractivity contribution in [2.75, 3.05) is 22.9 Å². The van der Waals surface area contributed by atoms with E-state index in [1.54, 1.807) is 18.2 Å². The molecule has 7 nitrogen and oxygen atoms in total. The molecular weight excluding hydrogens is 457 g/mol. The van der Waals surface area contributed by atoms with Crippen LogP contribution in [0.5, 0.6) is 0 Å². The van der Waals surface area contributed by atoms with Gasteiger partial charge in [0.05, 0.1) is 22.9 Å². The molecule has 0 fully saturated rings. The third kappa shape index (κ3) is 5.99. The minimum Gasteiger partial charge on any atom is -0.371 e. The zero-order valence-corrected chi connectivity index (χ0v) is 19.1. The van der Waals surface area contributed by atoms with Crippen LogP contribution in [0.15, 0.2) is 72.8 Å². The number of carbonyl (C=O) groups is 2. The predicted octanol–water partition coefficient (Wildman–Crippen LogP) is 3.15. The van der Waals surface area contributed by atoms with E-state index in [2.05, 4.69) is 16.0 Å². The summed E-state index contributed by atoms with van der Waals surface area (Å²) in [4.78, 5) is 25.1. The number of carbonyl (C=O) groups excluding carboxylic acids is 2. The van der Waals surface area contributed by atoms with Gasteiger partial charge in [0.2, 0.25) is 5.91 Å². The molecule has 9 heteroatoms. The van der Waals surface area contributed by atoms with E-state index < -0.39 is 33.4 Å². The molecule has 0 saturated heterocycles. The summed E-state index contributed by atoms with van der Waals surface area (Å²) in [5.74, 6) is -1.94. The van der Waals surface area contributed by atoms with Gasteiger partial charge in [-0.2, -0.15) is 0 Å². The molecule has 0 spiro atoms. The lowest BCUT2D eigenvalue weighted by Gasteiger charge is -2.27. The molecule has 3 aromatic carbocycles. The second-order valence-corrected chi connectivity index (χ2v) is 10.2. The van der Waals surface area contributed by atoms with Gasteiger partial charge in [-0.05, 0) is 47.9 Å². The van der Waals surface area contributed by atoms with Gasteiger partial charge in [-0.15, -0.1) is 0 Å². The SMILES string of the molecule is O=C(NCCc1ccccc1)c1ccc2c(c1)NC(=O)C(CS(=O)(=O)Cc1ccc(F)cc1)N2. The summed E-state index contributed by atoms with van der Waals surface area (Å²) < 4.78 is 38.2. The van der Waals surface area contributed by atoms with Crippen LogP contribution in [0.1, 0.15) is 21.5 Å². The molecule has 1 aliphatic rings. The molecular formula is C25H24FN3O4S. The molecule has 176 valence electrons. The quantitative estimate of drug-likeness (QED) is 0.459. The summed E-state index contributed by atoms with van der Waals surface area (Å²) in [6.45, 7) is 0.471. The first-order valence-electron chi connectivity index (χ1n) is 10.8. The van der Waals surface area contributed by atoms with Crippen molar-refractivity contribution in [3.05, 3.63) is 95.3 Å². The maximum atomic E-state index is 13.1. The number of hydrogen-bond donors (Lipinski definition) is 3. The number of sulfone groups is 1. The minimum atomic E-state index is -3.65. The first-order chi connectivity index (χ1) is 16.3. The third-order valence-electron chi connectivity index (χ3n) is 5.45. The van der Waals surface area contributed by atoms with Crippen molar-refractivity contribution >= 4 is 33.0 Å². The Hall–Kier alpha value is -3.72. The van der Waals surface area contributed by atoms with E-state index in [1.807, 2.05) is 30.3 Å². The number of fused-ring (bicyclic) bond motifs is 1. The second kappa shape index (κ2) is 10.0. The molecule has 0 radical (unpaired) electrons. The Morgan fingerprint density at radius 2 is 1.68 bits per heavy atom. The molecule has 1 aliphatic heterocycles. The van der Waals surface area contributed by atoms with Crippen LogP contribution in [0.3, 0.4) is 0 Å². The summed E-state index contributed by atoms with van der Waals surface area (Å²) >= 11 is 0. The van der Waals surface area contributed by atoms with Crippen molar-refractivity contribution < 1.29 is 22.4 Å². The molecule has 2 amide bonds. The zero-order chi connectivity index (χ0) is 24.1. The Balaban J connectivity index is 1.36. The van der Waals surface area contributed by atoms with Crippen LogP contribution in [0.4, 0.5) is 15.8 Å². The van der Waals surface area contributed by atoms with Crippen molar-refractivity contribution in [1.29, 1.82) is 0 Å². The monoisotopic (exact) mass is 481 g/mol. The molecule has 0 aliphatic carbocycles. The molecule has 0 bridgehead atoms. The number of hydrogen-bond acceptors (Lipinski definition) is 5. The highest BCUT2D eigenvalue weighted by atomic mass is 32.2.